The van der Waals surface area contributed by atoms with Crippen molar-refractivity contribution in [2.45, 2.75) is 13.3 Å². The van der Waals surface area contributed by atoms with Crippen LogP contribution in [0.1, 0.15) is 18.1 Å². The second-order valence-corrected chi connectivity index (χ2v) is 4.29. The Morgan fingerprint density at radius 1 is 1.28 bits per heavy atom. The molecule has 2 aromatic rings. The van der Waals surface area contributed by atoms with Crippen LogP contribution in [0.4, 0.5) is 0 Å². The summed E-state index contributed by atoms with van der Waals surface area (Å²) >= 11 is 0. The number of nitrogens with one attached hydrogen (secondary N) is 1. The first-order valence-electron chi connectivity index (χ1n) is 5.68. The summed E-state index contributed by atoms with van der Waals surface area (Å²) in [5.74, 6) is -0.426. The van der Waals surface area contributed by atoms with E-state index < -0.39 is 5.97 Å². The van der Waals surface area contributed by atoms with Gasteiger partial charge in [-0.15, -0.1) is 0 Å². The van der Waals surface area contributed by atoms with Crippen LogP contribution in [0.25, 0.3) is 11.3 Å². The highest BCUT2D eigenvalue weighted by Gasteiger charge is 2.20. The summed E-state index contributed by atoms with van der Waals surface area (Å²) in [5, 5.41) is 0. The van der Waals surface area contributed by atoms with Gasteiger partial charge in [-0.3, -0.25) is 9.59 Å². The standard InChI is InChI=1S/C14H11NO3/c1-8(16)18-12-7-10-6-9-4-2-3-5-11(9)13(10)15-14(12)17/h2-5,7H,6H2,1H3,(H,15,17). The van der Waals surface area contributed by atoms with Gasteiger partial charge >= 0.3 is 5.97 Å². The lowest BCUT2D eigenvalue weighted by atomic mass is 10.1. The van der Waals surface area contributed by atoms with Crippen molar-refractivity contribution in [3.8, 4) is 17.0 Å². The van der Waals surface area contributed by atoms with Crippen LogP contribution in [0.2, 0.25) is 0 Å². The van der Waals surface area contributed by atoms with Gasteiger partial charge in [0, 0.05) is 18.9 Å². The molecule has 0 radical (unpaired) electrons. The topological polar surface area (TPSA) is 59.2 Å². The third-order valence-corrected chi connectivity index (χ3v) is 3.01. The molecule has 1 aliphatic rings. The molecule has 1 aliphatic carbocycles. The third kappa shape index (κ3) is 1.62. The lowest BCUT2D eigenvalue weighted by Gasteiger charge is -2.04. The van der Waals surface area contributed by atoms with Crippen molar-refractivity contribution < 1.29 is 9.53 Å². The number of esters is 1. The Kier molecular flexibility index (Phi) is 2.30. The SMILES string of the molecule is CC(=O)Oc1cc2c([nH]c1=O)-c1ccccc1C2. The van der Waals surface area contributed by atoms with E-state index in [1.807, 2.05) is 24.3 Å². The summed E-state index contributed by atoms with van der Waals surface area (Å²) in [4.78, 5) is 25.5. The maximum Gasteiger partial charge on any atom is 0.308 e. The molecule has 90 valence electrons. The van der Waals surface area contributed by atoms with Gasteiger partial charge in [0.15, 0.2) is 5.75 Å². The van der Waals surface area contributed by atoms with E-state index in [4.69, 9.17) is 4.74 Å². The van der Waals surface area contributed by atoms with Crippen LogP contribution in [0.3, 0.4) is 0 Å². The number of hydrogen-bond acceptors (Lipinski definition) is 3. The first-order chi connectivity index (χ1) is 8.65. The molecular weight excluding hydrogens is 230 g/mol. The quantitative estimate of drug-likeness (QED) is 0.662. The molecule has 0 fully saturated rings. The summed E-state index contributed by atoms with van der Waals surface area (Å²) in [6, 6.07) is 9.55. The Morgan fingerprint density at radius 3 is 2.83 bits per heavy atom. The van der Waals surface area contributed by atoms with E-state index in [1.54, 1.807) is 6.07 Å². The average Bonchev–Trinajstić information content (AvgIpc) is 2.67. The zero-order valence-corrected chi connectivity index (χ0v) is 9.82. The average molecular weight is 241 g/mol. The highest BCUT2D eigenvalue weighted by atomic mass is 16.5. The molecule has 4 heteroatoms. The second-order valence-electron chi connectivity index (χ2n) is 4.29. The smallest absolute Gasteiger partial charge is 0.308 e. The number of carbonyl (C=O) groups excluding carboxylic acids is 1. The Labute approximate surface area is 103 Å². The summed E-state index contributed by atoms with van der Waals surface area (Å²) in [6.45, 7) is 1.28. The highest BCUT2D eigenvalue weighted by molar-refractivity contribution is 5.75. The van der Waals surface area contributed by atoms with E-state index in [0.717, 1.165) is 23.2 Å². The number of aromatic amines is 1. The Morgan fingerprint density at radius 2 is 2.06 bits per heavy atom. The Hall–Kier alpha value is -2.36. The molecule has 1 heterocycles. The molecule has 4 nitrogen and oxygen atoms in total. The normalized spacial score (nSPS) is 11.8. The molecular formula is C14H11NO3. The van der Waals surface area contributed by atoms with Crippen molar-refractivity contribution in [1.29, 1.82) is 0 Å². The molecule has 0 amide bonds. The van der Waals surface area contributed by atoms with Crippen molar-refractivity contribution in [1.82, 2.24) is 4.98 Å². The van der Waals surface area contributed by atoms with Crippen LogP contribution in [-0.4, -0.2) is 11.0 Å². The lowest BCUT2D eigenvalue weighted by Crippen LogP contribution is -2.15. The van der Waals surface area contributed by atoms with E-state index in [1.165, 1.54) is 12.5 Å². The molecule has 0 unspecified atom stereocenters. The zero-order valence-electron chi connectivity index (χ0n) is 9.82. The van der Waals surface area contributed by atoms with Crippen LogP contribution >= 0.6 is 0 Å². The van der Waals surface area contributed by atoms with Crippen molar-refractivity contribution >= 4 is 5.97 Å². The Bertz CT molecular complexity index is 700. The van der Waals surface area contributed by atoms with Crippen molar-refractivity contribution in [3.63, 3.8) is 0 Å². The van der Waals surface area contributed by atoms with Crippen molar-refractivity contribution in [3.05, 3.63) is 51.8 Å². The van der Waals surface area contributed by atoms with Gasteiger partial charge in [-0.2, -0.15) is 0 Å². The van der Waals surface area contributed by atoms with Crippen LogP contribution < -0.4 is 10.3 Å². The maximum absolute atomic E-state index is 11.8. The minimum absolute atomic E-state index is 0.0639. The van der Waals surface area contributed by atoms with Gasteiger partial charge in [0.2, 0.25) is 0 Å². The molecule has 1 aromatic carbocycles. The van der Waals surface area contributed by atoms with Gasteiger partial charge in [-0.1, -0.05) is 24.3 Å². The van der Waals surface area contributed by atoms with Crippen LogP contribution in [0, 0.1) is 0 Å². The zero-order chi connectivity index (χ0) is 12.7. The van der Waals surface area contributed by atoms with Crippen molar-refractivity contribution in [2.24, 2.45) is 0 Å². The van der Waals surface area contributed by atoms with E-state index in [2.05, 4.69) is 4.98 Å². The van der Waals surface area contributed by atoms with Crippen LogP contribution in [0.15, 0.2) is 35.1 Å². The Balaban J connectivity index is 2.14. The molecule has 0 atom stereocenters. The number of fused-ring (bicyclic) bond motifs is 3. The molecule has 0 aliphatic heterocycles. The number of benzene rings is 1. The first kappa shape index (κ1) is 10.8. The van der Waals surface area contributed by atoms with Crippen LogP contribution in [-0.2, 0) is 11.2 Å². The fourth-order valence-corrected chi connectivity index (χ4v) is 2.29. The largest absolute Gasteiger partial charge is 0.421 e. The van der Waals surface area contributed by atoms with Gasteiger partial charge in [0.25, 0.3) is 5.56 Å². The summed E-state index contributed by atoms with van der Waals surface area (Å²) in [5.41, 5.74) is 3.64. The first-order valence-corrected chi connectivity index (χ1v) is 5.68. The monoisotopic (exact) mass is 241 g/mol. The summed E-state index contributed by atoms with van der Waals surface area (Å²) in [7, 11) is 0. The maximum atomic E-state index is 11.8. The van der Waals surface area contributed by atoms with Gasteiger partial charge in [0.1, 0.15) is 0 Å². The minimum Gasteiger partial charge on any atom is -0.421 e. The molecule has 1 N–H and O–H groups in total. The number of pyridine rings is 1. The number of carbonyl (C=O) groups is 1. The molecule has 0 spiro atoms. The summed E-state index contributed by atoms with van der Waals surface area (Å²) < 4.78 is 4.89. The number of aromatic nitrogens is 1. The van der Waals surface area contributed by atoms with Gasteiger partial charge < -0.3 is 9.72 Å². The molecule has 3 rings (SSSR count). The third-order valence-electron chi connectivity index (χ3n) is 3.01. The van der Waals surface area contributed by atoms with E-state index in [-0.39, 0.29) is 11.3 Å². The van der Waals surface area contributed by atoms with E-state index in [9.17, 15) is 9.59 Å². The molecule has 1 aromatic heterocycles. The second kappa shape index (κ2) is 3.84. The molecule has 0 bridgehead atoms. The van der Waals surface area contributed by atoms with Gasteiger partial charge in [0.05, 0.1) is 5.69 Å². The predicted molar refractivity (Wildman–Crippen MR) is 66.6 cm³/mol. The number of rotatable bonds is 1. The van der Waals surface area contributed by atoms with Crippen molar-refractivity contribution in [2.75, 3.05) is 0 Å². The number of H-pyrrole nitrogens is 1. The van der Waals surface area contributed by atoms with E-state index in [0.29, 0.717) is 0 Å². The number of hydrogen-bond donors (Lipinski definition) is 1. The highest BCUT2D eigenvalue weighted by Crippen LogP contribution is 2.34. The fraction of sp³-hybridized carbons (Fsp3) is 0.143. The fourth-order valence-electron chi connectivity index (χ4n) is 2.29. The predicted octanol–water partition coefficient (Wildman–Crippen LogP) is 1.87. The minimum atomic E-state index is -0.490. The van der Waals surface area contributed by atoms with Crippen LogP contribution in [0.5, 0.6) is 5.75 Å². The molecule has 0 saturated heterocycles. The van der Waals surface area contributed by atoms with E-state index >= 15 is 0 Å². The van der Waals surface area contributed by atoms with Gasteiger partial charge in [-0.25, -0.2) is 0 Å². The van der Waals surface area contributed by atoms with Gasteiger partial charge in [-0.05, 0) is 17.2 Å². The molecule has 0 saturated carbocycles. The molecule has 18 heavy (non-hydrogen) atoms. The lowest BCUT2D eigenvalue weighted by molar-refractivity contribution is -0.131. The summed E-state index contributed by atoms with van der Waals surface area (Å²) in [6.07, 6.45) is 0.747. The number of ether oxygens (including phenoxy) is 1.